The molecule has 0 aliphatic heterocycles. The van der Waals surface area contributed by atoms with Crippen LogP contribution in [0.5, 0.6) is 0 Å². The predicted molar refractivity (Wildman–Crippen MR) is 64.2 cm³/mol. The van der Waals surface area contributed by atoms with Crippen molar-refractivity contribution in [3.8, 4) is 6.07 Å². The van der Waals surface area contributed by atoms with E-state index in [1.54, 1.807) is 18.2 Å². The lowest BCUT2D eigenvalue weighted by atomic mass is 10.2. The molecule has 0 radical (unpaired) electrons. The van der Waals surface area contributed by atoms with Crippen molar-refractivity contribution >= 4 is 27.6 Å². The number of nitrogens with zero attached hydrogens (tertiary/aromatic N) is 1. The van der Waals surface area contributed by atoms with E-state index in [2.05, 4.69) is 21.2 Å². The van der Waals surface area contributed by atoms with Crippen molar-refractivity contribution in [2.45, 2.75) is 12.8 Å². The SMILES string of the molecule is N#Cc1ccc(NCCCC(=O)O)c(Br)c1. The minimum atomic E-state index is -0.791. The number of nitrogens with one attached hydrogen (secondary N) is 1. The molecule has 2 N–H and O–H groups in total. The van der Waals surface area contributed by atoms with Gasteiger partial charge in [0.25, 0.3) is 0 Å². The second-order valence-electron chi connectivity index (χ2n) is 3.23. The van der Waals surface area contributed by atoms with Gasteiger partial charge in [-0.3, -0.25) is 4.79 Å². The van der Waals surface area contributed by atoms with Crippen molar-refractivity contribution < 1.29 is 9.90 Å². The number of carbonyl (C=O) groups is 1. The van der Waals surface area contributed by atoms with Crippen LogP contribution in [0.1, 0.15) is 18.4 Å². The average Bonchev–Trinajstić information content (AvgIpc) is 2.25. The highest BCUT2D eigenvalue weighted by molar-refractivity contribution is 9.10. The number of benzene rings is 1. The molecule has 0 bridgehead atoms. The third kappa shape index (κ3) is 3.91. The molecule has 0 heterocycles. The first kappa shape index (κ1) is 12.5. The molecule has 0 aliphatic rings. The quantitative estimate of drug-likeness (QED) is 0.815. The fourth-order valence-corrected chi connectivity index (χ4v) is 1.71. The smallest absolute Gasteiger partial charge is 0.303 e. The van der Waals surface area contributed by atoms with Gasteiger partial charge in [0.2, 0.25) is 0 Å². The van der Waals surface area contributed by atoms with Crippen LogP contribution in [-0.4, -0.2) is 17.6 Å². The van der Waals surface area contributed by atoms with Crippen molar-refractivity contribution in [3.63, 3.8) is 0 Å². The van der Waals surface area contributed by atoms with Gasteiger partial charge in [-0.2, -0.15) is 5.26 Å². The summed E-state index contributed by atoms with van der Waals surface area (Å²) in [7, 11) is 0. The summed E-state index contributed by atoms with van der Waals surface area (Å²) in [6, 6.07) is 7.27. The number of rotatable bonds is 5. The van der Waals surface area contributed by atoms with E-state index in [0.717, 1.165) is 10.2 Å². The third-order valence-electron chi connectivity index (χ3n) is 1.98. The zero-order chi connectivity index (χ0) is 12.0. The van der Waals surface area contributed by atoms with Gasteiger partial charge in [0.05, 0.1) is 11.6 Å². The van der Waals surface area contributed by atoms with Gasteiger partial charge in [0, 0.05) is 23.1 Å². The van der Waals surface area contributed by atoms with E-state index in [9.17, 15) is 4.79 Å². The number of nitriles is 1. The van der Waals surface area contributed by atoms with Crippen LogP contribution in [0.4, 0.5) is 5.69 Å². The van der Waals surface area contributed by atoms with Crippen LogP contribution in [0.25, 0.3) is 0 Å². The predicted octanol–water partition coefficient (Wildman–Crippen LogP) is 2.60. The van der Waals surface area contributed by atoms with Crippen LogP contribution >= 0.6 is 15.9 Å². The summed E-state index contributed by atoms with van der Waals surface area (Å²) in [5, 5.41) is 20.2. The summed E-state index contributed by atoms with van der Waals surface area (Å²) in [6.07, 6.45) is 0.725. The Hall–Kier alpha value is -1.54. The Balaban J connectivity index is 2.49. The summed E-state index contributed by atoms with van der Waals surface area (Å²) in [5.74, 6) is -0.791. The van der Waals surface area contributed by atoms with Crippen LogP contribution in [0.15, 0.2) is 22.7 Å². The second kappa shape index (κ2) is 6.13. The molecular weight excluding hydrogens is 272 g/mol. The third-order valence-corrected chi connectivity index (χ3v) is 2.64. The van der Waals surface area contributed by atoms with Crippen molar-refractivity contribution in [2.24, 2.45) is 0 Å². The van der Waals surface area contributed by atoms with Gasteiger partial charge in [-0.15, -0.1) is 0 Å². The minimum Gasteiger partial charge on any atom is -0.481 e. The lowest BCUT2D eigenvalue weighted by Gasteiger charge is -2.07. The zero-order valence-electron chi connectivity index (χ0n) is 8.53. The molecule has 1 aromatic rings. The number of hydrogen-bond acceptors (Lipinski definition) is 3. The summed E-state index contributed by atoms with van der Waals surface area (Å²) in [4.78, 5) is 10.3. The Labute approximate surface area is 102 Å². The van der Waals surface area contributed by atoms with E-state index < -0.39 is 5.97 Å². The summed E-state index contributed by atoms with van der Waals surface area (Å²) >= 11 is 3.34. The molecule has 0 atom stereocenters. The maximum Gasteiger partial charge on any atom is 0.303 e. The molecule has 0 unspecified atom stereocenters. The fourth-order valence-electron chi connectivity index (χ4n) is 1.19. The van der Waals surface area contributed by atoms with Gasteiger partial charge >= 0.3 is 5.97 Å². The molecule has 1 aromatic carbocycles. The first-order chi connectivity index (χ1) is 7.63. The molecule has 1 rings (SSSR count). The summed E-state index contributed by atoms with van der Waals surface area (Å²) < 4.78 is 0.807. The second-order valence-corrected chi connectivity index (χ2v) is 4.08. The number of aliphatic carboxylic acids is 1. The van der Waals surface area contributed by atoms with Crippen LogP contribution in [0.2, 0.25) is 0 Å². The molecule has 0 fully saturated rings. The normalized spacial score (nSPS) is 9.50. The first-order valence-electron chi connectivity index (χ1n) is 4.79. The van der Waals surface area contributed by atoms with Crippen molar-refractivity contribution in [2.75, 3.05) is 11.9 Å². The number of hydrogen-bond donors (Lipinski definition) is 2. The van der Waals surface area contributed by atoms with Crippen LogP contribution in [-0.2, 0) is 4.79 Å². The summed E-state index contributed by atoms with van der Waals surface area (Å²) in [5.41, 5.74) is 1.45. The number of halogens is 1. The van der Waals surface area contributed by atoms with Crippen molar-refractivity contribution in [1.82, 2.24) is 0 Å². The van der Waals surface area contributed by atoms with E-state index in [-0.39, 0.29) is 6.42 Å². The standard InChI is InChI=1S/C11H11BrN2O2/c12-9-6-8(7-13)3-4-10(9)14-5-1-2-11(15)16/h3-4,6,14H,1-2,5H2,(H,15,16). The molecule has 0 amide bonds. The van der Waals surface area contributed by atoms with Gasteiger partial charge < -0.3 is 10.4 Å². The Morgan fingerprint density at radius 3 is 2.88 bits per heavy atom. The lowest BCUT2D eigenvalue weighted by Crippen LogP contribution is -2.05. The molecule has 84 valence electrons. The highest BCUT2D eigenvalue weighted by Gasteiger charge is 2.01. The lowest BCUT2D eigenvalue weighted by molar-refractivity contribution is -0.137. The monoisotopic (exact) mass is 282 g/mol. The van der Waals surface area contributed by atoms with Gasteiger partial charge in [0.1, 0.15) is 0 Å². The Morgan fingerprint density at radius 2 is 2.31 bits per heavy atom. The van der Waals surface area contributed by atoms with Gasteiger partial charge in [0.15, 0.2) is 0 Å². The van der Waals surface area contributed by atoms with E-state index in [1.807, 2.05) is 6.07 Å². The van der Waals surface area contributed by atoms with Gasteiger partial charge in [-0.05, 0) is 40.5 Å². The van der Waals surface area contributed by atoms with Gasteiger partial charge in [-0.1, -0.05) is 0 Å². The Morgan fingerprint density at radius 1 is 1.56 bits per heavy atom. The van der Waals surface area contributed by atoms with Crippen LogP contribution in [0.3, 0.4) is 0 Å². The maximum atomic E-state index is 10.3. The molecule has 4 nitrogen and oxygen atoms in total. The van der Waals surface area contributed by atoms with E-state index >= 15 is 0 Å². The molecule has 0 saturated carbocycles. The van der Waals surface area contributed by atoms with E-state index in [1.165, 1.54) is 0 Å². The van der Waals surface area contributed by atoms with Crippen LogP contribution in [0, 0.1) is 11.3 Å². The Kier molecular flexibility index (Phi) is 4.80. The molecule has 0 aromatic heterocycles. The summed E-state index contributed by atoms with van der Waals surface area (Å²) in [6.45, 7) is 0.594. The molecule has 16 heavy (non-hydrogen) atoms. The van der Waals surface area contributed by atoms with Gasteiger partial charge in [-0.25, -0.2) is 0 Å². The average molecular weight is 283 g/mol. The minimum absolute atomic E-state index is 0.154. The maximum absolute atomic E-state index is 10.3. The van der Waals surface area contributed by atoms with Crippen molar-refractivity contribution in [3.05, 3.63) is 28.2 Å². The number of anilines is 1. The zero-order valence-corrected chi connectivity index (χ0v) is 10.1. The molecular formula is C11H11BrN2O2. The molecule has 0 saturated heterocycles. The highest BCUT2D eigenvalue weighted by atomic mass is 79.9. The topological polar surface area (TPSA) is 73.1 Å². The first-order valence-corrected chi connectivity index (χ1v) is 5.58. The van der Waals surface area contributed by atoms with E-state index in [4.69, 9.17) is 10.4 Å². The molecule has 0 aliphatic carbocycles. The largest absolute Gasteiger partial charge is 0.481 e. The highest BCUT2D eigenvalue weighted by Crippen LogP contribution is 2.23. The Bertz CT molecular complexity index is 426. The van der Waals surface area contributed by atoms with Crippen molar-refractivity contribution in [1.29, 1.82) is 5.26 Å². The van der Waals surface area contributed by atoms with E-state index in [0.29, 0.717) is 18.5 Å². The number of carboxylic acid groups (broad SMARTS) is 1. The molecule has 0 spiro atoms. The fraction of sp³-hybridized carbons (Fsp3) is 0.273. The number of carboxylic acids is 1. The molecule has 5 heteroatoms. The van der Waals surface area contributed by atoms with Crippen LogP contribution < -0.4 is 5.32 Å².